The van der Waals surface area contributed by atoms with E-state index in [2.05, 4.69) is 15.4 Å². The molecule has 0 radical (unpaired) electrons. The summed E-state index contributed by atoms with van der Waals surface area (Å²) < 4.78 is 24.5. The Morgan fingerprint density at radius 3 is 2.22 bits per heavy atom. The van der Waals surface area contributed by atoms with Gasteiger partial charge in [-0.25, -0.2) is 13.1 Å². The van der Waals surface area contributed by atoms with Gasteiger partial charge in [-0.3, -0.25) is 4.79 Å². The second kappa shape index (κ2) is 7.93. The molecule has 0 unspecified atom stereocenters. The monoisotopic (exact) mass is 301 g/mol. The van der Waals surface area contributed by atoms with Crippen LogP contribution < -0.4 is 15.4 Å². The third kappa shape index (κ3) is 8.68. The van der Waals surface area contributed by atoms with Crippen LogP contribution in [-0.2, 0) is 14.8 Å². The number of hydrogen-bond donors (Lipinski definition) is 3. The fourth-order valence-electron chi connectivity index (χ4n) is 1.40. The van der Waals surface area contributed by atoms with Crippen LogP contribution in [0.4, 0.5) is 0 Å². The molecule has 0 bridgehead atoms. The van der Waals surface area contributed by atoms with Crippen molar-refractivity contribution < 1.29 is 13.2 Å². The highest BCUT2D eigenvalue weighted by atomic mass is 35.5. The van der Waals surface area contributed by atoms with Crippen LogP contribution in [0.3, 0.4) is 0 Å². The lowest BCUT2D eigenvalue weighted by atomic mass is 10.1. The second-order valence-corrected chi connectivity index (χ2v) is 6.42. The van der Waals surface area contributed by atoms with Crippen LogP contribution in [0.25, 0.3) is 0 Å². The molecule has 8 heteroatoms. The van der Waals surface area contributed by atoms with Crippen molar-refractivity contribution >= 4 is 28.3 Å². The normalized spacial score (nSPS) is 13.6. The summed E-state index contributed by atoms with van der Waals surface area (Å²) in [5, 5.41) is 5.85. The largest absolute Gasteiger partial charge is 0.353 e. The molecule has 0 aliphatic heterocycles. The second-order valence-electron chi connectivity index (χ2n) is 4.67. The minimum atomic E-state index is -3.40. The minimum absolute atomic E-state index is 0. The average molecular weight is 302 g/mol. The molecule has 0 aromatic heterocycles. The van der Waals surface area contributed by atoms with Gasteiger partial charge in [0.25, 0.3) is 0 Å². The quantitative estimate of drug-likeness (QED) is 0.610. The maximum absolute atomic E-state index is 11.8. The Hall–Kier alpha value is -0.370. The number of hydrogen-bond acceptors (Lipinski definition) is 4. The van der Waals surface area contributed by atoms with Gasteiger partial charge in [-0.2, -0.15) is 0 Å². The molecule has 0 aliphatic rings. The van der Waals surface area contributed by atoms with Crippen molar-refractivity contribution in [3.63, 3.8) is 0 Å². The molecule has 0 heterocycles. The zero-order valence-electron chi connectivity index (χ0n) is 11.5. The van der Waals surface area contributed by atoms with E-state index < -0.39 is 15.6 Å². The molecule has 0 fully saturated rings. The molecular weight excluding hydrogens is 278 g/mol. The molecule has 0 aliphatic carbocycles. The van der Waals surface area contributed by atoms with Gasteiger partial charge in [0.2, 0.25) is 15.9 Å². The molecule has 3 N–H and O–H groups in total. The zero-order valence-corrected chi connectivity index (χ0v) is 13.2. The van der Waals surface area contributed by atoms with Crippen LogP contribution in [0.5, 0.6) is 0 Å². The number of rotatable bonds is 7. The summed E-state index contributed by atoms with van der Waals surface area (Å²) >= 11 is 0. The van der Waals surface area contributed by atoms with Crippen molar-refractivity contribution in [1.29, 1.82) is 0 Å². The first-order valence-electron chi connectivity index (χ1n) is 5.59. The predicted molar refractivity (Wildman–Crippen MR) is 75.5 cm³/mol. The molecular formula is C10H24ClN3O3S. The molecule has 1 amide bonds. The van der Waals surface area contributed by atoms with Gasteiger partial charge < -0.3 is 10.6 Å². The summed E-state index contributed by atoms with van der Waals surface area (Å²) in [6.07, 6.45) is 1.03. The van der Waals surface area contributed by atoms with E-state index >= 15 is 0 Å². The Labute approximate surface area is 116 Å². The predicted octanol–water partition coefficient (Wildman–Crippen LogP) is -0.150. The van der Waals surface area contributed by atoms with Gasteiger partial charge in [0.15, 0.2) is 0 Å². The van der Waals surface area contributed by atoms with Crippen LogP contribution in [0.1, 0.15) is 27.7 Å². The van der Waals surface area contributed by atoms with Crippen LogP contribution in [0.2, 0.25) is 0 Å². The van der Waals surface area contributed by atoms with Crippen LogP contribution in [-0.4, -0.2) is 45.3 Å². The van der Waals surface area contributed by atoms with Gasteiger partial charge >= 0.3 is 0 Å². The minimum Gasteiger partial charge on any atom is -0.353 e. The zero-order chi connectivity index (χ0) is 13.7. The first-order valence-corrected chi connectivity index (χ1v) is 7.48. The summed E-state index contributed by atoms with van der Waals surface area (Å²) in [6.45, 7) is 8.26. The van der Waals surface area contributed by atoms with E-state index in [1.807, 2.05) is 13.8 Å². The van der Waals surface area contributed by atoms with Gasteiger partial charge in [0.05, 0.1) is 6.26 Å². The van der Waals surface area contributed by atoms with Crippen molar-refractivity contribution in [3.8, 4) is 0 Å². The van der Waals surface area contributed by atoms with E-state index in [1.165, 1.54) is 13.8 Å². The number of sulfonamides is 1. The average Bonchev–Trinajstić information content (AvgIpc) is 2.10. The van der Waals surface area contributed by atoms with E-state index in [9.17, 15) is 13.2 Å². The summed E-state index contributed by atoms with van der Waals surface area (Å²) in [4.78, 5) is 11.8. The van der Waals surface area contributed by atoms with E-state index in [1.54, 1.807) is 0 Å². The molecule has 1 atom stereocenters. The molecule has 18 heavy (non-hydrogen) atoms. The van der Waals surface area contributed by atoms with E-state index in [0.717, 1.165) is 12.8 Å². The fraction of sp³-hybridized carbons (Fsp3) is 0.900. The Kier molecular flexibility index (Phi) is 8.80. The Balaban J connectivity index is 0. The Bertz CT molecular complexity index is 357. The molecule has 0 spiro atoms. The lowest BCUT2D eigenvalue weighted by Gasteiger charge is -2.25. The number of amides is 1. The standard InChI is InChI=1S/C10H23N3O3S.ClH/c1-6-11-8(2)7-12-9(14)10(3,4)13-17(5,15)16;/h8,11,13H,6-7H2,1-5H3,(H,12,14);1H/t8-;/m1./s1. The summed E-state index contributed by atoms with van der Waals surface area (Å²) in [5.74, 6) is -0.340. The Morgan fingerprint density at radius 1 is 1.33 bits per heavy atom. The third-order valence-electron chi connectivity index (χ3n) is 2.13. The highest BCUT2D eigenvalue weighted by molar-refractivity contribution is 7.88. The van der Waals surface area contributed by atoms with Gasteiger partial charge in [-0.15, -0.1) is 12.4 Å². The molecule has 0 saturated carbocycles. The smallest absolute Gasteiger partial charge is 0.240 e. The van der Waals surface area contributed by atoms with E-state index in [-0.39, 0.29) is 24.4 Å². The molecule has 110 valence electrons. The van der Waals surface area contributed by atoms with Crippen molar-refractivity contribution in [3.05, 3.63) is 0 Å². The van der Waals surface area contributed by atoms with E-state index in [0.29, 0.717) is 6.54 Å². The number of carbonyl (C=O) groups is 1. The Morgan fingerprint density at radius 2 is 1.83 bits per heavy atom. The molecule has 0 rings (SSSR count). The topological polar surface area (TPSA) is 87.3 Å². The summed E-state index contributed by atoms with van der Waals surface area (Å²) in [7, 11) is -3.40. The van der Waals surface area contributed by atoms with E-state index in [4.69, 9.17) is 0 Å². The van der Waals surface area contributed by atoms with Crippen molar-refractivity contribution in [2.45, 2.75) is 39.3 Å². The van der Waals surface area contributed by atoms with Crippen molar-refractivity contribution in [2.75, 3.05) is 19.3 Å². The molecule has 0 aromatic rings. The maximum Gasteiger partial charge on any atom is 0.240 e. The number of likely N-dealkylation sites (N-methyl/N-ethyl adjacent to an activating group) is 1. The van der Waals surface area contributed by atoms with Gasteiger partial charge in [-0.1, -0.05) is 6.92 Å². The molecule has 6 nitrogen and oxygen atoms in total. The first kappa shape index (κ1) is 20.0. The van der Waals surface area contributed by atoms with Crippen molar-refractivity contribution in [2.24, 2.45) is 0 Å². The number of carbonyl (C=O) groups excluding carboxylic acids is 1. The lowest BCUT2D eigenvalue weighted by Crippen LogP contribution is -2.55. The number of halogens is 1. The van der Waals surface area contributed by atoms with Crippen LogP contribution in [0.15, 0.2) is 0 Å². The molecule has 0 aromatic carbocycles. The number of nitrogens with one attached hydrogen (secondary N) is 3. The summed E-state index contributed by atoms with van der Waals surface area (Å²) in [5.41, 5.74) is -1.14. The van der Waals surface area contributed by atoms with Crippen LogP contribution in [0, 0.1) is 0 Å². The first-order chi connectivity index (χ1) is 7.58. The fourth-order valence-corrected chi connectivity index (χ4v) is 2.42. The maximum atomic E-state index is 11.8. The highest BCUT2D eigenvalue weighted by Crippen LogP contribution is 2.03. The molecule has 0 saturated heterocycles. The lowest BCUT2D eigenvalue weighted by molar-refractivity contribution is -0.125. The van der Waals surface area contributed by atoms with Gasteiger partial charge in [0.1, 0.15) is 5.54 Å². The summed E-state index contributed by atoms with van der Waals surface area (Å²) in [6, 6.07) is 0.151. The SMILES string of the molecule is CCN[C@H](C)CNC(=O)C(C)(C)NS(C)(=O)=O.Cl. The van der Waals surface area contributed by atoms with Gasteiger partial charge in [-0.05, 0) is 27.3 Å². The van der Waals surface area contributed by atoms with Crippen molar-refractivity contribution in [1.82, 2.24) is 15.4 Å². The van der Waals surface area contributed by atoms with Gasteiger partial charge in [0, 0.05) is 12.6 Å². The van der Waals surface area contributed by atoms with Crippen LogP contribution >= 0.6 is 12.4 Å². The highest BCUT2D eigenvalue weighted by Gasteiger charge is 2.30. The third-order valence-corrected chi connectivity index (χ3v) is 3.01.